The maximum atomic E-state index is 16.6. The fourth-order valence-corrected chi connectivity index (χ4v) is 7.14. The van der Waals surface area contributed by atoms with Crippen LogP contribution in [0.4, 0.5) is 19.0 Å². The van der Waals surface area contributed by atoms with Crippen molar-refractivity contribution in [2.24, 2.45) is 0 Å². The lowest BCUT2D eigenvalue weighted by molar-refractivity contribution is 0.107. The molecule has 2 aromatic carbocycles. The van der Waals surface area contributed by atoms with Gasteiger partial charge >= 0.3 is 6.01 Å². The lowest BCUT2D eigenvalue weighted by atomic mass is 9.95. The Balaban J connectivity index is 1.36. The number of nitrogens with zero attached hydrogens (tertiary/aromatic N) is 5. The largest absolute Gasteiger partial charge is 0.461 e. The second kappa shape index (κ2) is 11.0. The van der Waals surface area contributed by atoms with Crippen LogP contribution in [0.1, 0.15) is 51.0 Å². The summed E-state index contributed by atoms with van der Waals surface area (Å²) in [5, 5.41) is 3.86. The highest BCUT2D eigenvalue weighted by molar-refractivity contribution is 6.00. The number of benzene rings is 2. The first kappa shape index (κ1) is 27.3. The highest BCUT2D eigenvalue weighted by Crippen LogP contribution is 2.41. The number of aromatic nitrogens is 3. The molecule has 10 heteroatoms. The number of hydrogen-bond donors (Lipinski definition) is 1. The van der Waals surface area contributed by atoms with Crippen molar-refractivity contribution in [2.75, 3.05) is 37.8 Å². The van der Waals surface area contributed by atoms with Gasteiger partial charge in [-0.25, -0.2) is 18.6 Å². The van der Waals surface area contributed by atoms with Gasteiger partial charge in [0.05, 0.1) is 10.9 Å². The Labute approximate surface area is 243 Å². The van der Waals surface area contributed by atoms with Crippen LogP contribution >= 0.6 is 0 Å². The van der Waals surface area contributed by atoms with Crippen LogP contribution in [0.3, 0.4) is 0 Å². The standard InChI is InChI=1S/C32H35F3N6O/c1-2-22-25(34)11-10-20-8-6-9-23(26(20)22)28-27(35)29-24(17-36-28)30(41-15-5-3-4-13-37-41)39-31(38-29)42-19-32-12-7-14-40(32)18-21(33)16-32/h6,8-11,17,21,37H,2-5,7,12-16,18-19H2,1H3/t21-,32+/m1/s1. The Morgan fingerprint density at radius 1 is 1.07 bits per heavy atom. The topological polar surface area (TPSA) is 66.4 Å². The normalized spacial score (nSPS) is 23.0. The van der Waals surface area contributed by atoms with Crippen LogP contribution < -0.4 is 15.2 Å². The van der Waals surface area contributed by atoms with Gasteiger partial charge in [-0.15, -0.1) is 0 Å². The summed E-state index contributed by atoms with van der Waals surface area (Å²) in [6.45, 7) is 4.86. The molecule has 0 radical (unpaired) electrons. The van der Waals surface area contributed by atoms with Crippen molar-refractivity contribution in [1.82, 2.24) is 25.3 Å². The van der Waals surface area contributed by atoms with Crippen molar-refractivity contribution in [3.63, 3.8) is 0 Å². The van der Waals surface area contributed by atoms with E-state index in [1.165, 1.54) is 6.07 Å². The summed E-state index contributed by atoms with van der Waals surface area (Å²) in [5.74, 6) is -0.433. The molecule has 7 nitrogen and oxygen atoms in total. The number of anilines is 1. The maximum absolute atomic E-state index is 16.6. The van der Waals surface area contributed by atoms with Gasteiger partial charge in [0.25, 0.3) is 0 Å². The van der Waals surface area contributed by atoms with Crippen LogP contribution in [0.2, 0.25) is 0 Å². The fourth-order valence-electron chi connectivity index (χ4n) is 7.14. The summed E-state index contributed by atoms with van der Waals surface area (Å²) in [6.07, 6.45) is 6.50. The molecule has 0 aliphatic carbocycles. The predicted molar refractivity (Wildman–Crippen MR) is 157 cm³/mol. The first-order chi connectivity index (χ1) is 20.5. The van der Waals surface area contributed by atoms with Crippen molar-refractivity contribution in [2.45, 2.75) is 63.6 Å². The lowest BCUT2D eigenvalue weighted by Crippen LogP contribution is -2.43. The molecule has 0 bridgehead atoms. The SMILES string of the molecule is CCc1c(F)ccc2cccc(-c3ncc4c(N5CCCCCN5)nc(OC[C@@]56CCCN5C[C@H](F)C6)nc4c3F)c12. The minimum Gasteiger partial charge on any atom is -0.461 e. The number of hydrazine groups is 1. The van der Waals surface area contributed by atoms with Gasteiger partial charge in [0.15, 0.2) is 11.6 Å². The van der Waals surface area contributed by atoms with E-state index >= 15 is 4.39 Å². The molecule has 3 aliphatic heterocycles. The molecular weight excluding hydrogens is 541 g/mol. The van der Waals surface area contributed by atoms with Crippen molar-refractivity contribution in [1.29, 1.82) is 0 Å². The molecule has 220 valence electrons. The van der Waals surface area contributed by atoms with Gasteiger partial charge in [-0.05, 0) is 61.1 Å². The second-order valence-corrected chi connectivity index (χ2v) is 11.8. The second-order valence-electron chi connectivity index (χ2n) is 11.8. The van der Waals surface area contributed by atoms with Crippen molar-refractivity contribution in [3.8, 4) is 17.3 Å². The van der Waals surface area contributed by atoms with E-state index in [2.05, 4.69) is 20.3 Å². The number of alkyl halides is 1. The summed E-state index contributed by atoms with van der Waals surface area (Å²) in [7, 11) is 0. The van der Waals surface area contributed by atoms with E-state index in [9.17, 15) is 8.78 Å². The van der Waals surface area contributed by atoms with Crippen molar-refractivity contribution >= 4 is 27.5 Å². The Kier molecular flexibility index (Phi) is 7.14. The maximum Gasteiger partial charge on any atom is 0.319 e. The van der Waals surface area contributed by atoms with Gasteiger partial charge in [0.2, 0.25) is 0 Å². The summed E-state index contributed by atoms with van der Waals surface area (Å²) < 4.78 is 52.1. The van der Waals surface area contributed by atoms with Crippen LogP contribution in [-0.4, -0.2) is 64.3 Å². The predicted octanol–water partition coefficient (Wildman–Crippen LogP) is 6.14. The van der Waals surface area contributed by atoms with Crippen molar-refractivity contribution in [3.05, 3.63) is 53.7 Å². The zero-order chi connectivity index (χ0) is 28.8. The smallest absolute Gasteiger partial charge is 0.319 e. The molecule has 0 saturated carbocycles. The minimum atomic E-state index is -0.882. The molecule has 0 spiro atoms. The van der Waals surface area contributed by atoms with E-state index in [0.717, 1.165) is 50.6 Å². The van der Waals surface area contributed by atoms with Crippen LogP contribution in [0.15, 0.2) is 36.5 Å². The molecule has 3 saturated heterocycles. The van der Waals surface area contributed by atoms with Gasteiger partial charge in [0.1, 0.15) is 29.8 Å². The zero-order valence-corrected chi connectivity index (χ0v) is 23.8. The fraction of sp³-hybridized carbons (Fsp3) is 0.469. The Morgan fingerprint density at radius 3 is 2.86 bits per heavy atom. The van der Waals surface area contributed by atoms with Crippen LogP contribution in [0, 0.1) is 11.6 Å². The summed E-state index contributed by atoms with van der Waals surface area (Å²) in [4.78, 5) is 16.1. The third-order valence-corrected chi connectivity index (χ3v) is 9.20. The van der Waals surface area contributed by atoms with Crippen molar-refractivity contribution < 1.29 is 17.9 Å². The monoisotopic (exact) mass is 576 g/mol. The van der Waals surface area contributed by atoms with E-state index in [0.29, 0.717) is 53.6 Å². The molecular formula is C32H35F3N6O. The number of rotatable bonds is 6. The average Bonchev–Trinajstić information content (AvgIpc) is 3.37. The molecule has 0 amide bonds. The number of fused-ring (bicyclic) bond motifs is 3. The molecule has 4 aromatic rings. The molecule has 42 heavy (non-hydrogen) atoms. The van der Waals surface area contributed by atoms with Gasteiger partial charge in [-0.2, -0.15) is 9.97 Å². The molecule has 0 unspecified atom stereocenters. The molecule has 1 N–H and O–H groups in total. The average molecular weight is 577 g/mol. The number of hydrogen-bond acceptors (Lipinski definition) is 7. The number of nitrogens with one attached hydrogen (secondary N) is 1. The third kappa shape index (κ3) is 4.65. The van der Waals surface area contributed by atoms with Crippen LogP contribution in [0.25, 0.3) is 32.9 Å². The van der Waals surface area contributed by atoms with Gasteiger partial charge in [-0.3, -0.25) is 14.9 Å². The molecule has 5 heterocycles. The number of ether oxygens (including phenoxy) is 1. The Hall–Kier alpha value is -3.50. The minimum absolute atomic E-state index is 0.0568. The van der Waals surface area contributed by atoms with E-state index < -0.39 is 12.0 Å². The van der Waals surface area contributed by atoms with Crippen LogP contribution in [-0.2, 0) is 6.42 Å². The highest BCUT2D eigenvalue weighted by atomic mass is 19.1. The van der Waals surface area contributed by atoms with Gasteiger partial charge < -0.3 is 4.74 Å². The lowest BCUT2D eigenvalue weighted by Gasteiger charge is -2.31. The zero-order valence-electron chi connectivity index (χ0n) is 23.8. The third-order valence-electron chi connectivity index (χ3n) is 9.20. The first-order valence-electron chi connectivity index (χ1n) is 15.1. The molecule has 2 aromatic heterocycles. The number of halogens is 3. The molecule has 3 fully saturated rings. The summed E-state index contributed by atoms with van der Waals surface area (Å²) in [6, 6.07) is 8.71. The van der Waals surface area contributed by atoms with E-state index in [1.807, 2.05) is 24.1 Å². The summed E-state index contributed by atoms with van der Waals surface area (Å²) in [5.41, 5.74) is 4.25. The van der Waals surface area contributed by atoms with Gasteiger partial charge in [-0.1, -0.05) is 37.6 Å². The number of pyridine rings is 1. The number of aryl methyl sites for hydroxylation is 1. The van der Waals surface area contributed by atoms with Crippen LogP contribution in [0.5, 0.6) is 6.01 Å². The summed E-state index contributed by atoms with van der Waals surface area (Å²) >= 11 is 0. The quantitative estimate of drug-likeness (QED) is 0.296. The molecule has 3 aliphatic rings. The van der Waals surface area contributed by atoms with E-state index in [-0.39, 0.29) is 35.2 Å². The van der Waals surface area contributed by atoms with Gasteiger partial charge in [0, 0.05) is 37.8 Å². The molecule has 7 rings (SSSR count). The molecule has 2 atom stereocenters. The highest BCUT2D eigenvalue weighted by Gasteiger charge is 2.49. The van der Waals surface area contributed by atoms with E-state index in [1.54, 1.807) is 18.3 Å². The van der Waals surface area contributed by atoms with E-state index in [4.69, 9.17) is 9.72 Å². The Bertz CT molecular complexity index is 1640. The first-order valence-corrected chi connectivity index (χ1v) is 15.1. The Morgan fingerprint density at radius 2 is 1.98 bits per heavy atom.